The molecule has 8 nitrogen and oxygen atoms in total. The van der Waals surface area contributed by atoms with Crippen molar-refractivity contribution < 1.29 is 22.7 Å². The molecule has 3 aromatic carbocycles. The van der Waals surface area contributed by atoms with Crippen molar-refractivity contribution in [3.63, 3.8) is 0 Å². The Morgan fingerprint density at radius 2 is 1.70 bits per heavy atom. The van der Waals surface area contributed by atoms with Gasteiger partial charge in [0.25, 0.3) is 0 Å². The van der Waals surface area contributed by atoms with Gasteiger partial charge < -0.3 is 10.1 Å². The van der Waals surface area contributed by atoms with Crippen LogP contribution in [-0.4, -0.2) is 31.7 Å². The predicted molar refractivity (Wildman–Crippen MR) is 158 cm³/mol. The summed E-state index contributed by atoms with van der Waals surface area (Å²) in [6, 6.07) is 18.3. The van der Waals surface area contributed by atoms with Crippen molar-refractivity contribution in [1.82, 2.24) is 24.6 Å². The summed E-state index contributed by atoms with van der Waals surface area (Å²) in [5.41, 5.74) is 6.40. The van der Waals surface area contributed by atoms with Gasteiger partial charge in [-0.3, -0.25) is 4.57 Å². The number of alkyl halides is 3. The van der Waals surface area contributed by atoms with Crippen molar-refractivity contribution in [2.75, 3.05) is 0 Å². The number of nitrogens with one attached hydrogen (secondary N) is 1. The summed E-state index contributed by atoms with van der Waals surface area (Å²) >= 11 is 1.42. The Labute approximate surface area is 250 Å². The van der Waals surface area contributed by atoms with Gasteiger partial charge in [-0.05, 0) is 68.1 Å². The zero-order chi connectivity index (χ0) is 30.7. The van der Waals surface area contributed by atoms with E-state index >= 15 is 0 Å². The van der Waals surface area contributed by atoms with Crippen LogP contribution in [0.4, 0.5) is 18.0 Å². The Morgan fingerprint density at radius 1 is 1.02 bits per heavy atom. The summed E-state index contributed by atoms with van der Waals surface area (Å²) < 4.78 is 44.7. The van der Waals surface area contributed by atoms with Crippen LogP contribution >= 0.6 is 11.3 Å². The van der Waals surface area contributed by atoms with E-state index in [0.717, 1.165) is 33.6 Å². The fraction of sp³-hybridized carbons (Fsp3) is 0.226. The normalized spacial score (nSPS) is 12.8. The molecule has 1 atom stereocenters. The van der Waals surface area contributed by atoms with Gasteiger partial charge in [-0.2, -0.15) is 4.99 Å². The first-order chi connectivity index (χ1) is 20.5. The van der Waals surface area contributed by atoms with E-state index in [1.54, 1.807) is 0 Å². The first-order valence-corrected chi connectivity index (χ1v) is 14.4. The maximum Gasteiger partial charge on any atom is 0.573 e. The third-order valence-corrected chi connectivity index (χ3v) is 7.79. The molecule has 0 bridgehead atoms. The molecule has 0 saturated carbocycles. The van der Waals surface area contributed by atoms with Crippen LogP contribution in [0, 0.1) is 20.8 Å². The maximum absolute atomic E-state index is 13.1. The fourth-order valence-electron chi connectivity index (χ4n) is 4.78. The van der Waals surface area contributed by atoms with Crippen LogP contribution in [-0.2, 0) is 0 Å². The van der Waals surface area contributed by atoms with Crippen LogP contribution in [0.3, 0.4) is 0 Å². The number of rotatable bonds is 7. The highest BCUT2D eigenvalue weighted by Gasteiger charge is 2.31. The summed E-state index contributed by atoms with van der Waals surface area (Å²) in [5, 5.41) is 9.46. The molecule has 0 spiro atoms. The lowest BCUT2D eigenvalue weighted by atomic mass is 10.0. The minimum Gasteiger partial charge on any atom is -0.406 e. The number of carbonyl (C=O) groups is 1. The molecule has 222 valence electrons. The van der Waals surface area contributed by atoms with Crippen molar-refractivity contribution in [2.45, 2.75) is 46.5 Å². The first kappa shape index (κ1) is 29.8. The molecule has 2 aromatic heterocycles. The first-order valence-electron chi connectivity index (χ1n) is 13.5. The number of hydrogen-bond donors (Lipinski definition) is 1. The van der Waals surface area contributed by atoms with Crippen LogP contribution in [0.2, 0.25) is 0 Å². The third kappa shape index (κ3) is 6.86. The van der Waals surface area contributed by atoms with Gasteiger partial charge in [0.05, 0.1) is 17.4 Å². The highest BCUT2D eigenvalue weighted by Crippen LogP contribution is 2.25. The lowest BCUT2D eigenvalue weighted by molar-refractivity contribution is -0.274. The summed E-state index contributed by atoms with van der Waals surface area (Å²) in [6.07, 6.45) is -2.62. The highest BCUT2D eigenvalue weighted by atomic mass is 32.1. The van der Waals surface area contributed by atoms with E-state index in [0.29, 0.717) is 22.7 Å². The standard InChI is InChI=1S/C31H29F3N6O2S/c1-5-26(36-29(41)37-30-40(21(4)17-43-30)27-19(2)7-6-8-20(27)3)22-9-11-23(12-10-22)28-35-18-39(38-28)24-13-15-25(16-14-24)42-31(32,33)34/h6-18,26H,5H2,1-4H3,(H,36,41). The second kappa shape index (κ2) is 12.3. The second-order valence-electron chi connectivity index (χ2n) is 9.93. The van der Waals surface area contributed by atoms with E-state index in [4.69, 9.17) is 0 Å². The number of carbonyl (C=O) groups excluding carboxylic acids is 1. The molecule has 0 saturated heterocycles. The number of ether oxygens (including phenoxy) is 1. The molecular weight excluding hydrogens is 577 g/mol. The zero-order valence-electron chi connectivity index (χ0n) is 23.9. The predicted octanol–water partition coefficient (Wildman–Crippen LogP) is 7.37. The van der Waals surface area contributed by atoms with Crippen LogP contribution in [0.1, 0.15) is 41.8 Å². The summed E-state index contributed by atoms with van der Waals surface area (Å²) in [5.74, 6) is 0.127. The van der Waals surface area contributed by atoms with Gasteiger partial charge in [-0.1, -0.05) is 49.4 Å². The minimum atomic E-state index is -4.75. The van der Waals surface area contributed by atoms with Crippen LogP contribution in [0.15, 0.2) is 83.4 Å². The lowest BCUT2D eigenvalue weighted by Crippen LogP contribution is -2.28. The highest BCUT2D eigenvalue weighted by molar-refractivity contribution is 7.07. The minimum absolute atomic E-state index is 0.261. The molecule has 5 aromatic rings. The molecule has 43 heavy (non-hydrogen) atoms. The van der Waals surface area contributed by atoms with E-state index in [2.05, 4.69) is 25.1 Å². The van der Waals surface area contributed by atoms with Crippen molar-refractivity contribution >= 4 is 17.4 Å². The Hall–Kier alpha value is -4.71. The Morgan fingerprint density at radius 3 is 2.33 bits per heavy atom. The fourth-order valence-corrected chi connectivity index (χ4v) is 5.63. The van der Waals surface area contributed by atoms with Crippen LogP contribution in [0.25, 0.3) is 22.8 Å². The van der Waals surface area contributed by atoms with Crippen molar-refractivity contribution in [2.24, 2.45) is 4.99 Å². The van der Waals surface area contributed by atoms with Gasteiger partial charge in [0, 0.05) is 16.6 Å². The zero-order valence-corrected chi connectivity index (χ0v) is 24.7. The molecule has 0 radical (unpaired) electrons. The number of amides is 2. The summed E-state index contributed by atoms with van der Waals surface area (Å²) in [6.45, 7) is 8.07. The molecule has 2 amide bonds. The van der Waals surface area contributed by atoms with E-state index in [1.807, 2.05) is 80.1 Å². The van der Waals surface area contributed by atoms with Crippen LogP contribution < -0.4 is 14.9 Å². The van der Waals surface area contributed by atoms with Gasteiger partial charge in [0.1, 0.15) is 12.1 Å². The molecular formula is C31H29F3N6O2S. The number of benzene rings is 3. The number of aryl methyl sites for hydroxylation is 3. The Bertz CT molecular complexity index is 1780. The SMILES string of the molecule is CCC(NC(=O)N=c1scc(C)n1-c1c(C)cccc1C)c1ccc(-c2ncn(-c3ccc(OC(F)(F)F)cc3)n2)cc1. The van der Waals surface area contributed by atoms with Gasteiger partial charge in [0.15, 0.2) is 10.6 Å². The Kier molecular flexibility index (Phi) is 8.49. The van der Waals surface area contributed by atoms with Gasteiger partial charge in [0.2, 0.25) is 0 Å². The molecule has 0 aliphatic carbocycles. The number of para-hydroxylation sites is 1. The Balaban J connectivity index is 1.30. The van der Waals surface area contributed by atoms with E-state index in [9.17, 15) is 18.0 Å². The smallest absolute Gasteiger partial charge is 0.406 e. The topological polar surface area (TPSA) is 86.3 Å². The van der Waals surface area contributed by atoms with Gasteiger partial charge >= 0.3 is 12.4 Å². The average Bonchev–Trinajstić information content (AvgIpc) is 3.59. The number of aromatic nitrogens is 4. The molecule has 0 aliphatic heterocycles. The molecule has 2 heterocycles. The number of halogens is 3. The molecule has 12 heteroatoms. The van der Waals surface area contributed by atoms with Crippen molar-refractivity contribution in [3.8, 4) is 28.5 Å². The molecule has 0 aliphatic rings. The quantitative estimate of drug-likeness (QED) is 0.210. The van der Waals surface area contributed by atoms with E-state index in [-0.39, 0.29) is 11.8 Å². The summed E-state index contributed by atoms with van der Waals surface area (Å²) in [4.78, 5) is 22.4. The second-order valence-corrected chi connectivity index (χ2v) is 10.8. The number of urea groups is 1. The van der Waals surface area contributed by atoms with E-state index < -0.39 is 12.4 Å². The van der Waals surface area contributed by atoms with Gasteiger partial charge in [-0.25, -0.2) is 14.5 Å². The summed E-state index contributed by atoms with van der Waals surface area (Å²) in [7, 11) is 0. The van der Waals surface area contributed by atoms with Crippen LogP contribution in [0.5, 0.6) is 5.75 Å². The van der Waals surface area contributed by atoms with Crippen molar-refractivity contribution in [3.05, 3.63) is 106 Å². The third-order valence-electron chi connectivity index (χ3n) is 6.84. The molecule has 1 N–H and O–H groups in total. The lowest BCUT2D eigenvalue weighted by Gasteiger charge is -2.16. The number of thiazole rings is 1. The monoisotopic (exact) mass is 606 g/mol. The average molecular weight is 607 g/mol. The number of nitrogens with zero attached hydrogens (tertiary/aromatic N) is 5. The molecule has 5 rings (SSSR count). The van der Waals surface area contributed by atoms with E-state index in [1.165, 1.54) is 46.6 Å². The maximum atomic E-state index is 13.1. The van der Waals surface area contributed by atoms with Gasteiger partial charge in [-0.15, -0.1) is 29.6 Å². The largest absolute Gasteiger partial charge is 0.573 e. The molecule has 0 fully saturated rings. The molecule has 1 unspecified atom stereocenters. The number of hydrogen-bond acceptors (Lipinski definition) is 5. The van der Waals surface area contributed by atoms with Crippen molar-refractivity contribution in [1.29, 1.82) is 0 Å².